The maximum absolute atomic E-state index is 12.6. The van der Waals surface area contributed by atoms with E-state index >= 15 is 0 Å². The molecule has 1 spiro atoms. The van der Waals surface area contributed by atoms with Crippen molar-refractivity contribution in [1.82, 2.24) is 15.5 Å². The largest absolute Gasteiger partial charge is 0.481 e. The quantitative estimate of drug-likeness (QED) is 0.874. The monoisotopic (exact) mass is 355 g/mol. The lowest BCUT2D eigenvalue weighted by Crippen LogP contribution is -2.46. The minimum absolute atomic E-state index is 0.0549. The second-order valence-corrected chi connectivity index (χ2v) is 8.16. The Bertz CT molecular complexity index is 893. The number of carbonyl (C=O) groups excluding carboxylic acids is 1. The number of amides is 1. The number of carbonyl (C=O) groups is 2. The van der Waals surface area contributed by atoms with Gasteiger partial charge in [0, 0.05) is 18.2 Å². The zero-order valence-corrected chi connectivity index (χ0v) is 14.4. The molecule has 7 heteroatoms. The fourth-order valence-electron chi connectivity index (χ4n) is 4.91. The highest BCUT2D eigenvalue weighted by molar-refractivity contribution is 5.97. The maximum atomic E-state index is 12.6. The van der Waals surface area contributed by atoms with E-state index in [9.17, 15) is 9.59 Å². The van der Waals surface area contributed by atoms with Gasteiger partial charge in [0.2, 0.25) is 0 Å². The van der Waals surface area contributed by atoms with Crippen molar-refractivity contribution in [3.63, 3.8) is 0 Å². The molecule has 2 aromatic rings. The molecule has 0 radical (unpaired) electrons. The van der Waals surface area contributed by atoms with Gasteiger partial charge in [-0.15, -0.1) is 0 Å². The predicted octanol–water partition coefficient (Wildman–Crippen LogP) is 2.86. The second-order valence-electron chi connectivity index (χ2n) is 8.16. The van der Waals surface area contributed by atoms with Crippen LogP contribution in [0.5, 0.6) is 0 Å². The number of carboxylic acid groups (broad SMARTS) is 1. The number of fused-ring (bicyclic) bond motifs is 1. The highest BCUT2D eigenvalue weighted by Gasteiger charge is 2.65. The summed E-state index contributed by atoms with van der Waals surface area (Å²) >= 11 is 0. The molecule has 1 amide bonds. The average molecular weight is 355 g/mol. The molecule has 26 heavy (non-hydrogen) atoms. The fraction of sp³-hybridized carbons (Fsp3) is 0.579. The molecule has 0 saturated heterocycles. The molecule has 3 fully saturated rings. The van der Waals surface area contributed by atoms with Crippen LogP contribution in [0.15, 0.2) is 16.8 Å². The van der Waals surface area contributed by atoms with Crippen LogP contribution < -0.4 is 5.32 Å². The molecule has 3 aliphatic rings. The molecule has 5 rings (SSSR count). The molecule has 136 valence electrons. The molecule has 0 bridgehead atoms. The van der Waals surface area contributed by atoms with E-state index in [-0.39, 0.29) is 23.3 Å². The van der Waals surface area contributed by atoms with Crippen LogP contribution in [0.4, 0.5) is 0 Å². The summed E-state index contributed by atoms with van der Waals surface area (Å²) in [5.41, 5.74) is 1.85. The Morgan fingerprint density at radius 2 is 2.00 bits per heavy atom. The van der Waals surface area contributed by atoms with Crippen molar-refractivity contribution in [3.05, 3.63) is 23.5 Å². The van der Waals surface area contributed by atoms with Gasteiger partial charge in [-0.3, -0.25) is 9.59 Å². The molecule has 0 aromatic carbocycles. The normalized spacial score (nSPS) is 30.5. The van der Waals surface area contributed by atoms with Crippen LogP contribution in [0.1, 0.15) is 66.9 Å². The van der Waals surface area contributed by atoms with Gasteiger partial charge in [-0.2, -0.15) is 0 Å². The zero-order valence-electron chi connectivity index (χ0n) is 14.4. The molecule has 3 aliphatic carbocycles. The third kappa shape index (κ3) is 2.40. The number of hydrogen-bond donors (Lipinski definition) is 2. The van der Waals surface area contributed by atoms with Gasteiger partial charge in [0.05, 0.1) is 22.6 Å². The van der Waals surface area contributed by atoms with Crippen molar-refractivity contribution in [2.24, 2.45) is 11.3 Å². The van der Waals surface area contributed by atoms with Crippen LogP contribution >= 0.6 is 0 Å². The molecule has 1 unspecified atom stereocenters. The van der Waals surface area contributed by atoms with Gasteiger partial charge >= 0.3 is 5.97 Å². The Kier molecular flexibility index (Phi) is 3.36. The number of nitrogens with one attached hydrogen (secondary N) is 1. The summed E-state index contributed by atoms with van der Waals surface area (Å²) in [5, 5.41) is 17.1. The molecule has 0 aliphatic heterocycles. The predicted molar refractivity (Wildman–Crippen MR) is 91.7 cm³/mol. The lowest BCUT2D eigenvalue weighted by atomic mass is 9.75. The number of pyridine rings is 1. The summed E-state index contributed by atoms with van der Waals surface area (Å²) < 4.78 is 5.33. The number of rotatable bonds is 4. The number of hydrogen-bond acceptors (Lipinski definition) is 5. The Morgan fingerprint density at radius 3 is 2.69 bits per heavy atom. The van der Waals surface area contributed by atoms with Crippen LogP contribution in [0.3, 0.4) is 0 Å². The van der Waals surface area contributed by atoms with Gasteiger partial charge in [-0.1, -0.05) is 18.0 Å². The number of carboxylic acids is 1. The summed E-state index contributed by atoms with van der Waals surface area (Å²) in [5.74, 6) is -0.702. The Hall–Kier alpha value is -2.44. The van der Waals surface area contributed by atoms with E-state index in [1.165, 1.54) is 19.0 Å². The first-order chi connectivity index (χ1) is 12.6. The fourth-order valence-corrected chi connectivity index (χ4v) is 4.91. The molecule has 7 nitrogen and oxygen atoms in total. The Balaban J connectivity index is 1.29. The van der Waals surface area contributed by atoms with E-state index in [1.807, 2.05) is 6.07 Å². The lowest BCUT2D eigenvalue weighted by molar-refractivity contribution is -0.140. The van der Waals surface area contributed by atoms with Crippen LogP contribution in [-0.2, 0) is 4.79 Å². The first-order valence-electron chi connectivity index (χ1n) is 9.35. The van der Waals surface area contributed by atoms with Crippen LogP contribution in [0.25, 0.3) is 11.1 Å². The second kappa shape index (κ2) is 5.53. The van der Waals surface area contributed by atoms with Gasteiger partial charge in [0.1, 0.15) is 0 Å². The highest BCUT2D eigenvalue weighted by atomic mass is 16.5. The molecule has 1 atom stereocenters. The molecule has 2 aromatic heterocycles. The van der Waals surface area contributed by atoms with E-state index < -0.39 is 5.97 Å². The van der Waals surface area contributed by atoms with Gasteiger partial charge in [-0.25, -0.2) is 4.98 Å². The summed E-state index contributed by atoms with van der Waals surface area (Å²) in [7, 11) is 0. The third-order valence-corrected chi connectivity index (χ3v) is 6.49. The van der Waals surface area contributed by atoms with Crippen molar-refractivity contribution in [2.45, 2.75) is 56.9 Å². The topological polar surface area (TPSA) is 105 Å². The smallest absolute Gasteiger partial charge is 0.307 e. The van der Waals surface area contributed by atoms with Crippen LogP contribution in [-0.4, -0.2) is 33.2 Å². The van der Waals surface area contributed by atoms with E-state index in [0.717, 1.165) is 43.2 Å². The zero-order chi connectivity index (χ0) is 17.9. The minimum atomic E-state index is -0.712. The third-order valence-electron chi connectivity index (χ3n) is 6.49. The number of aromatic nitrogens is 2. The first-order valence-corrected chi connectivity index (χ1v) is 9.35. The summed E-state index contributed by atoms with van der Waals surface area (Å²) in [6, 6.07) is 1.88. The summed E-state index contributed by atoms with van der Waals surface area (Å²) in [4.78, 5) is 27.9. The van der Waals surface area contributed by atoms with E-state index in [1.54, 1.807) is 0 Å². The van der Waals surface area contributed by atoms with Crippen molar-refractivity contribution in [3.8, 4) is 0 Å². The Labute approximate surface area is 150 Å². The molecular formula is C19H21N3O4. The van der Waals surface area contributed by atoms with E-state index in [4.69, 9.17) is 9.63 Å². The van der Waals surface area contributed by atoms with Crippen molar-refractivity contribution >= 4 is 23.0 Å². The first kappa shape index (κ1) is 15.8. The maximum Gasteiger partial charge on any atom is 0.307 e. The number of aliphatic carboxylic acids is 1. The standard InChI is InChI=1S/C19H21N3O4/c23-16(21-12-6-19(7-12)8-14(19)18(24)25)11-5-13-15(10-3-1-2-4-10)22-26-17(13)20-9-11/h5,9-10,12,14H,1-4,6-8H2,(H,21,23)(H,24,25). The van der Waals surface area contributed by atoms with Crippen molar-refractivity contribution in [2.75, 3.05) is 0 Å². The number of nitrogens with zero attached hydrogens (tertiary/aromatic N) is 2. The Morgan fingerprint density at radius 1 is 1.23 bits per heavy atom. The summed E-state index contributed by atoms with van der Waals surface area (Å²) in [6.07, 6.45) is 8.39. The SMILES string of the molecule is O=C(NC1CC2(C1)CC2C(=O)O)c1cnc2onc(C3CCCC3)c2c1. The van der Waals surface area contributed by atoms with Crippen molar-refractivity contribution in [1.29, 1.82) is 0 Å². The van der Waals surface area contributed by atoms with E-state index in [2.05, 4.69) is 15.5 Å². The average Bonchev–Trinajstić information content (AvgIpc) is 2.95. The van der Waals surface area contributed by atoms with E-state index in [0.29, 0.717) is 17.2 Å². The van der Waals surface area contributed by atoms with Crippen molar-refractivity contribution < 1.29 is 19.2 Å². The van der Waals surface area contributed by atoms with Crippen LogP contribution in [0, 0.1) is 11.3 Å². The minimum Gasteiger partial charge on any atom is -0.481 e. The van der Waals surface area contributed by atoms with Crippen LogP contribution in [0.2, 0.25) is 0 Å². The van der Waals surface area contributed by atoms with Gasteiger partial charge in [0.25, 0.3) is 11.6 Å². The summed E-state index contributed by atoms with van der Waals surface area (Å²) in [6.45, 7) is 0. The molecular weight excluding hydrogens is 334 g/mol. The molecule has 2 heterocycles. The molecule has 2 N–H and O–H groups in total. The van der Waals surface area contributed by atoms with Gasteiger partial charge < -0.3 is 14.9 Å². The van der Waals surface area contributed by atoms with Gasteiger partial charge in [0.15, 0.2) is 0 Å². The lowest BCUT2D eigenvalue weighted by Gasteiger charge is -2.36. The highest BCUT2D eigenvalue weighted by Crippen LogP contribution is 2.65. The van der Waals surface area contributed by atoms with Gasteiger partial charge in [-0.05, 0) is 43.6 Å². The molecule has 3 saturated carbocycles.